The fourth-order valence-electron chi connectivity index (χ4n) is 1.09. The van der Waals surface area contributed by atoms with Crippen molar-refractivity contribution in [3.05, 3.63) is 24.3 Å². The van der Waals surface area contributed by atoms with Crippen LogP contribution in [0.3, 0.4) is 0 Å². The standard InChI is InChI=1S/C9H11N3O/c13-9(7-1-2-7)11-5-8-3-4-10-6-12-8/h3-4,6-7H,1-2,5H2,(H,11,13). The van der Waals surface area contributed by atoms with Crippen LogP contribution in [0.15, 0.2) is 18.6 Å². The van der Waals surface area contributed by atoms with Crippen LogP contribution < -0.4 is 5.32 Å². The maximum atomic E-state index is 11.2. The number of amides is 1. The Morgan fingerprint density at radius 3 is 3.08 bits per heavy atom. The van der Waals surface area contributed by atoms with Gasteiger partial charge in [0.2, 0.25) is 5.91 Å². The topological polar surface area (TPSA) is 54.9 Å². The van der Waals surface area contributed by atoms with E-state index in [1.807, 2.05) is 0 Å². The lowest BCUT2D eigenvalue weighted by atomic mass is 10.3. The number of aromatic nitrogens is 2. The smallest absolute Gasteiger partial charge is 0.223 e. The predicted octanol–water partition coefficient (Wildman–Crippen LogP) is 0.503. The molecule has 1 amide bonds. The molecule has 1 heterocycles. The maximum Gasteiger partial charge on any atom is 0.223 e. The van der Waals surface area contributed by atoms with Crippen LogP contribution in [0.25, 0.3) is 0 Å². The van der Waals surface area contributed by atoms with Crippen LogP contribution in [0, 0.1) is 5.92 Å². The molecule has 1 aromatic heterocycles. The summed E-state index contributed by atoms with van der Waals surface area (Å²) < 4.78 is 0. The third-order valence-electron chi connectivity index (χ3n) is 2.04. The van der Waals surface area contributed by atoms with Gasteiger partial charge in [-0.15, -0.1) is 0 Å². The number of hydrogen-bond acceptors (Lipinski definition) is 3. The highest BCUT2D eigenvalue weighted by atomic mass is 16.2. The van der Waals surface area contributed by atoms with Gasteiger partial charge in [0, 0.05) is 12.1 Å². The van der Waals surface area contributed by atoms with Crippen molar-refractivity contribution < 1.29 is 4.79 Å². The Morgan fingerprint density at radius 1 is 1.62 bits per heavy atom. The zero-order valence-corrected chi connectivity index (χ0v) is 7.23. The molecule has 2 rings (SSSR count). The van der Waals surface area contributed by atoms with Crippen molar-refractivity contribution in [1.82, 2.24) is 15.3 Å². The van der Waals surface area contributed by atoms with E-state index in [0.29, 0.717) is 6.54 Å². The first-order chi connectivity index (χ1) is 6.36. The molecule has 0 spiro atoms. The summed E-state index contributed by atoms with van der Waals surface area (Å²) >= 11 is 0. The molecule has 0 unspecified atom stereocenters. The minimum absolute atomic E-state index is 0.151. The second-order valence-corrected chi connectivity index (χ2v) is 3.19. The maximum absolute atomic E-state index is 11.2. The van der Waals surface area contributed by atoms with Crippen LogP contribution in [-0.4, -0.2) is 15.9 Å². The van der Waals surface area contributed by atoms with E-state index in [4.69, 9.17) is 0 Å². The van der Waals surface area contributed by atoms with E-state index in [9.17, 15) is 4.79 Å². The Balaban J connectivity index is 1.82. The molecule has 1 aromatic rings. The van der Waals surface area contributed by atoms with Crippen LogP contribution in [0.1, 0.15) is 18.5 Å². The minimum Gasteiger partial charge on any atom is -0.350 e. The Bertz CT molecular complexity index is 295. The summed E-state index contributed by atoms with van der Waals surface area (Å²) in [4.78, 5) is 19.0. The van der Waals surface area contributed by atoms with Gasteiger partial charge in [0.25, 0.3) is 0 Å². The molecule has 1 fully saturated rings. The largest absolute Gasteiger partial charge is 0.350 e. The normalized spacial score (nSPS) is 15.4. The molecule has 0 aromatic carbocycles. The SMILES string of the molecule is O=C(NCc1ccncn1)C1CC1. The van der Waals surface area contributed by atoms with Gasteiger partial charge in [0.1, 0.15) is 6.33 Å². The van der Waals surface area contributed by atoms with E-state index in [-0.39, 0.29) is 11.8 Å². The molecular weight excluding hydrogens is 166 g/mol. The number of hydrogen-bond donors (Lipinski definition) is 1. The highest BCUT2D eigenvalue weighted by Gasteiger charge is 2.29. The average Bonchev–Trinajstić information content (AvgIpc) is 2.99. The van der Waals surface area contributed by atoms with Crippen molar-refractivity contribution in [2.24, 2.45) is 5.92 Å². The Labute approximate surface area is 76.4 Å². The molecule has 0 atom stereocenters. The molecule has 4 nitrogen and oxygen atoms in total. The van der Waals surface area contributed by atoms with Crippen molar-refractivity contribution in [3.63, 3.8) is 0 Å². The van der Waals surface area contributed by atoms with Crippen LogP contribution in [0.5, 0.6) is 0 Å². The first kappa shape index (κ1) is 8.16. The van der Waals surface area contributed by atoms with Gasteiger partial charge >= 0.3 is 0 Å². The van der Waals surface area contributed by atoms with E-state index < -0.39 is 0 Å². The number of nitrogens with zero attached hydrogens (tertiary/aromatic N) is 2. The van der Waals surface area contributed by atoms with Crippen LogP contribution >= 0.6 is 0 Å². The third kappa shape index (κ3) is 2.24. The fourth-order valence-corrected chi connectivity index (χ4v) is 1.09. The monoisotopic (exact) mass is 177 g/mol. The molecule has 0 bridgehead atoms. The van der Waals surface area contributed by atoms with E-state index in [0.717, 1.165) is 18.5 Å². The summed E-state index contributed by atoms with van der Waals surface area (Å²) in [5, 5.41) is 2.83. The summed E-state index contributed by atoms with van der Waals surface area (Å²) in [7, 11) is 0. The zero-order chi connectivity index (χ0) is 9.10. The van der Waals surface area contributed by atoms with Gasteiger partial charge in [-0.2, -0.15) is 0 Å². The van der Waals surface area contributed by atoms with Crippen molar-refractivity contribution in [1.29, 1.82) is 0 Å². The highest BCUT2D eigenvalue weighted by molar-refractivity contribution is 5.80. The van der Waals surface area contributed by atoms with E-state index >= 15 is 0 Å². The van der Waals surface area contributed by atoms with Gasteiger partial charge in [-0.25, -0.2) is 9.97 Å². The van der Waals surface area contributed by atoms with E-state index in [1.54, 1.807) is 12.3 Å². The lowest BCUT2D eigenvalue weighted by molar-refractivity contribution is -0.122. The van der Waals surface area contributed by atoms with Gasteiger partial charge in [0.05, 0.1) is 12.2 Å². The second kappa shape index (κ2) is 3.51. The molecule has 4 heteroatoms. The number of rotatable bonds is 3. The first-order valence-corrected chi connectivity index (χ1v) is 4.39. The first-order valence-electron chi connectivity index (χ1n) is 4.39. The molecule has 68 valence electrons. The predicted molar refractivity (Wildman–Crippen MR) is 46.6 cm³/mol. The Hall–Kier alpha value is -1.45. The highest BCUT2D eigenvalue weighted by Crippen LogP contribution is 2.28. The quantitative estimate of drug-likeness (QED) is 0.731. The molecule has 0 aliphatic heterocycles. The molecule has 13 heavy (non-hydrogen) atoms. The lowest BCUT2D eigenvalue weighted by Gasteiger charge is -2.01. The van der Waals surface area contributed by atoms with Gasteiger partial charge in [0.15, 0.2) is 0 Å². The Morgan fingerprint density at radius 2 is 2.46 bits per heavy atom. The van der Waals surface area contributed by atoms with Gasteiger partial charge < -0.3 is 5.32 Å². The second-order valence-electron chi connectivity index (χ2n) is 3.19. The molecule has 0 saturated heterocycles. The van der Waals surface area contributed by atoms with Crippen LogP contribution in [0.4, 0.5) is 0 Å². The van der Waals surface area contributed by atoms with Gasteiger partial charge in [-0.05, 0) is 18.9 Å². The fraction of sp³-hybridized carbons (Fsp3) is 0.444. The Kier molecular flexibility index (Phi) is 2.21. The summed E-state index contributed by atoms with van der Waals surface area (Å²) in [6.07, 6.45) is 5.23. The summed E-state index contributed by atoms with van der Waals surface area (Å²) in [6, 6.07) is 1.80. The van der Waals surface area contributed by atoms with E-state index in [1.165, 1.54) is 6.33 Å². The minimum atomic E-state index is 0.151. The van der Waals surface area contributed by atoms with E-state index in [2.05, 4.69) is 15.3 Å². The molecule has 1 aliphatic rings. The zero-order valence-electron chi connectivity index (χ0n) is 7.23. The van der Waals surface area contributed by atoms with Crippen molar-refractivity contribution in [2.45, 2.75) is 19.4 Å². The van der Waals surface area contributed by atoms with Crippen molar-refractivity contribution in [2.75, 3.05) is 0 Å². The van der Waals surface area contributed by atoms with Crippen LogP contribution in [-0.2, 0) is 11.3 Å². The molecular formula is C9H11N3O. The molecule has 1 N–H and O–H groups in total. The van der Waals surface area contributed by atoms with Gasteiger partial charge in [-0.3, -0.25) is 4.79 Å². The summed E-state index contributed by atoms with van der Waals surface area (Å²) in [5.74, 6) is 0.417. The number of carbonyl (C=O) groups is 1. The van der Waals surface area contributed by atoms with Crippen molar-refractivity contribution >= 4 is 5.91 Å². The molecule has 0 radical (unpaired) electrons. The number of carbonyl (C=O) groups excluding carboxylic acids is 1. The lowest BCUT2D eigenvalue weighted by Crippen LogP contribution is -2.24. The van der Waals surface area contributed by atoms with Gasteiger partial charge in [-0.1, -0.05) is 0 Å². The summed E-state index contributed by atoms with van der Waals surface area (Å²) in [5.41, 5.74) is 0.851. The van der Waals surface area contributed by atoms with Crippen molar-refractivity contribution in [3.8, 4) is 0 Å². The average molecular weight is 177 g/mol. The number of nitrogens with one attached hydrogen (secondary N) is 1. The molecule has 1 saturated carbocycles. The molecule has 1 aliphatic carbocycles. The van der Waals surface area contributed by atoms with Crippen LogP contribution in [0.2, 0.25) is 0 Å². The third-order valence-corrected chi connectivity index (χ3v) is 2.04. The summed E-state index contributed by atoms with van der Waals surface area (Å²) in [6.45, 7) is 0.512.